The van der Waals surface area contributed by atoms with Gasteiger partial charge in [0.1, 0.15) is 9.77 Å². The van der Waals surface area contributed by atoms with E-state index in [1.807, 2.05) is 24.4 Å². The maximum atomic E-state index is 12.4. The molecule has 134 valence electrons. The molecule has 2 heterocycles. The third-order valence-electron chi connectivity index (χ3n) is 3.20. The third-order valence-corrected chi connectivity index (χ3v) is 6.57. The average Bonchev–Trinajstić information content (AvgIpc) is 3.21. The summed E-state index contributed by atoms with van der Waals surface area (Å²) in [5, 5.41) is 9.23. The molecule has 2 aromatic heterocycles. The number of thiophene rings is 2. The Hall–Kier alpha value is -0.970. The fraction of sp³-hybridized carbons (Fsp3) is 0.357. The molecule has 0 bridgehead atoms. The van der Waals surface area contributed by atoms with Crippen LogP contribution in [-0.2, 0) is 16.6 Å². The van der Waals surface area contributed by atoms with Crippen LogP contribution in [-0.4, -0.2) is 34.0 Å². The van der Waals surface area contributed by atoms with Crippen LogP contribution in [0, 0.1) is 0 Å². The van der Waals surface area contributed by atoms with Crippen LogP contribution in [0.3, 0.4) is 0 Å². The first-order valence-corrected chi connectivity index (χ1v) is 10.2. The molecule has 10 heteroatoms. The molecular formula is C14H20ClN3O3S3. The fourth-order valence-corrected chi connectivity index (χ4v) is 4.84. The van der Waals surface area contributed by atoms with Crippen LogP contribution in [0.15, 0.2) is 33.9 Å². The normalized spacial score (nSPS) is 12.4. The van der Waals surface area contributed by atoms with Crippen LogP contribution < -0.4 is 15.4 Å². The van der Waals surface area contributed by atoms with Crippen molar-refractivity contribution in [3.8, 4) is 0 Å². The monoisotopic (exact) mass is 409 g/mol. The zero-order chi connectivity index (χ0) is 16.9. The molecule has 1 atom stereocenters. The van der Waals surface area contributed by atoms with Gasteiger partial charge in [0.05, 0.1) is 0 Å². The second kappa shape index (κ2) is 9.50. The van der Waals surface area contributed by atoms with E-state index in [0.717, 1.165) is 16.2 Å². The van der Waals surface area contributed by atoms with E-state index in [1.54, 1.807) is 12.4 Å². The number of amides is 1. The van der Waals surface area contributed by atoms with Gasteiger partial charge in [-0.3, -0.25) is 4.79 Å². The van der Waals surface area contributed by atoms with E-state index >= 15 is 0 Å². The highest BCUT2D eigenvalue weighted by molar-refractivity contribution is 7.89. The van der Waals surface area contributed by atoms with Crippen molar-refractivity contribution < 1.29 is 13.2 Å². The first-order valence-electron chi connectivity index (χ1n) is 6.99. The third kappa shape index (κ3) is 5.54. The van der Waals surface area contributed by atoms with E-state index in [9.17, 15) is 13.2 Å². The summed E-state index contributed by atoms with van der Waals surface area (Å²) in [7, 11) is -1.92. The van der Waals surface area contributed by atoms with Crippen molar-refractivity contribution in [2.45, 2.75) is 24.4 Å². The van der Waals surface area contributed by atoms with Crippen molar-refractivity contribution in [1.29, 1.82) is 0 Å². The molecule has 0 spiro atoms. The van der Waals surface area contributed by atoms with Crippen molar-refractivity contribution in [1.82, 2.24) is 15.4 Å². The summed E-state index contributed by atoms with van der Waals surface area (Å²) in [4.78, 5) is 13.3. The zero-order valence-corrected chi connectivity index (χ0v) is 16.5. The predicted molar refractivity (Wildman–Crippen MR) is 101 cm³/mol. The SMILES string of the molecule is CNC(C)CNC(=O)c1sccc1S(=O)(=O)NCc1cccs1.Cl. The fourth-order valence-electron chi connectivity index (χ4n) is 1.76. The van der Waals surface area contributed by atoms with Gasteiger partial charge in [-0.05, 0) is 36.9 Å². The highest BCUT2D eigenvalue weighted by atomic mass is 35.5. The maximum absolute atomic E-state index is 12.4. The summed E-state index contributed by atoms with van der Waals surface area (Å²) >= 11 is 2.59. The minimum atomic E-state index is -3.72. The summed E-state index contributed by atoms with van der Waals surface area (Å²) in [5.41, 5.74) is 0. The minimum Gasteiger partial charge on any atom is -0.350 e. The van der Waals surface area contributed by atoms with Crippen molar-refractivity contribution >= 4 is 51.0 Å². The smallest absolute Gasteiger partial charge is 0.262 e. The molecular weight excluding hydrogens is 390 g/mol. The zero-order valence-electron chi connectivity index (χ0n) is 13.2. The van der Waals surface area contributed by atoms with Crippen LogP contribution >= 0.6 is 35.1 Å². The van der Waals surface area contributed by atoms with E-state index in [0.29, 0.717) is 6.54 Å². The molecule has 0 aliphatic carbocycles. The van der Waals surface area contributed by atoms with Crippen molar-refractivity contribution in [2.24, 2.45) is 0 Å². The lowest BCUT2D eigenvalue weighted by Gasteiger charge is -2.12. The number of carbonyl (C=O) groups excluding carboxylic acids is 1. The first kappa shape index (κ1) is 21.1. The van der Waals surface area contributed by atoms with Gasteiger partial charge >= 0.3 is 0 Å². The number of carbonyl (C=O) groups is 1. The predicted octanol–water partition coefficient (Wildman–Crippen LogP) is 2.05. The highest BCUT2D eigenvalue weighted by Gasteiger charge is 2.24. The molecule has 0 saturated heterocycles. The Morgan fingerprint density at radius 3 is 2.62 bits per heavy atom. The molecule has 0 radical (unpaired) electrons. The van der Waals surface area contributed by atoms with Gasteiger partial charge in [0.2, 0.25) is 10.0 Å². The molecule has 2 rings (SSSR count). The van der Waals surface area contributed by atoms with Gasteiger partial charge in [-0.25, -0.2) is 13.1 Å². The number of hydrogen-bond acceptors (Lipinski definition) is 6. The average molecular weight is 410 g/mol. The van der Waals surface area contributed by atoms with E-state index in [-0.39, 0.29) is 40.7 Å². The molecule has 1 unspecified atom stereocenters. The van der Waals surface area contributed by atoms with Crippen LogP contribution in [0.5, 0.6) is 0 Å². The van der Waals surface area contributed by atoms with Crippen LogP contribution in [0.25, 0.3) is 0 Å². The molecule has 1 amide bonds. The molecule has 0 aliphatic heterocycles. The van der Waals surface area contributed by atoms with Crippen LogP contribution in [0.4, 0.5) is 0 Å². The first-order chi connectivity index (χ1) is 10.9. The van der Waals surface area contributed by atoms with Gasteiger partial charge < -0.3 is 10.6 Å². The highest BCUT2D eigenvalue weighted by Crippen LogP contribution is 2.22. The van der Waals surface area contributed by atoms with Gasteiger partial charge in [0.15, 0.2) is 0 Å². The van der Waals surface area contributed by atoms with Crippen molar-refractivity contribution in [2.75, 3.05) is 13.6 Å². The van der Waals surface area contributed by atoms with Crippen molar-refractivity contribution in [3.63, 3.8) is 0 Å². The largest absolute Gasteiger partial charge is 0.350 e. The van der Waals surface area contributed by atoms with Gasteiger partial charge in [-0.1, -0.05) is 6.07 Å². The molecule has 0 fully saturated rings. The summed E-state index contributed by atoms with van der Waals surface area (Å²) in [6.07, 6.45) is 0. The Morgan fingerprint density at radius 1 is 1.25 bits per heavy atom. The number of likely N-dealkylation sites (N-methyl/N-ethyl adjacent to an activating group) is 1. The summed E-state index contributed by atoms with van der Waals surface area (Å²) in [5.74, 6) is -0.376. The summed E-state index contributed by atoms with van der Waals surface area (Å²) in [6, 6.07) is 5.28. The van der Waals surface area contributed by atoms with E-state index in [1.165, 1.54) is 17.4 Å². The lowest BCUT2D eigenvalue weighted by molar-refractivity contribution is 0.0951. The Bertz CT molecular complexity index is 744. The van der Waals surface area contributed by atoms with E-state index in [2.05, 4.69) is 15.4 Å². The van der Waals surface area contributed by atoms with Gasteiger partial charge in [0, 0.05) is 24.0 Å². The van der Waals surface area contributed by atoms with Crippen LogP contribution in [0.1, 0.15) is 21.5 Å². The number of sulfonamides is 1. The second-order valence-corrected chi connectivity index (χ2v) is 8.60. The topological polar surface area (TPSA) is 87.3 Å². The Morgan fingerprint density at radius 2 is 2.00 bits per heavy atom. The standard InChI is InChI=1S/C14H19N3O3S3.ClH/c1-10(15-2)8-16-14(18)13-12(5-7-22-13)23(19,20)17-9-11-4-3-6-21-11;/h3-7,10,15,17H,8-9H2,1-2H3,(H,16,18);1H. The molecule has 6 nitrogen and oxygen atoms in total. The Labute approximate surface area is 156 Å². The number of rotatable bonds is 8. The number of hydrogen-bond donors (Lipinski definition) is 3. The summed E-state index contributed by atoms with van der Waals surface area (Å²) < 4.78 is 27.4. The van der Waals surface area contributed by atoms with Crippen molar-refractivity contribution in [3.05, 3.63) is 38.7 Å². The molecule has 0 aliphatic rings. The van der Waals surface area contributed by atoms with Gasteiger partial charge in [-0.2, -0.15) is 0 Å². The maximum Gasteiger partial charge on any atom is 0.262 e. The molecule has 0 aromatic carbocycles. The summed E-state index contributed by atoms with van der Waals surface area (Å²) in [6.45, 7) is 2.57. The van der Waals surface area contributed by atoms with E-state index in [4.69, 9.17) is 0 Å². The van der Waals surface area contributed by atoms with Gasteiger partial charge in [0.25, 0.3) is 5.91 Å². The molecule has 2 aromatic rings. The number of halogens is 1. The molecule has 3 N–H and O–H groups in total. The Kier molecular flexibility index (Phi) is 8.34. The van der Waals surface area contributed by atoms with Crippen LogP contribution in [0.2, 0.25) is 0 Å². The molecule has 24 heavy (non-hydrogen) atoms. The van der Waals surface area contributed by atoms with Gasteiger partial charge in [-0.15, -0.1) is 35.1 Å². The Balaban J connectivity index is 0.00000288. The lowest BCUT2D eigenvalue weighted by atomic mass is 10.3. The molecule has 0 saturated carbocycles. The minimum absolute atomic E-state index is 0. The number of nitrogens with one attached hydrogen (secondary N) is 3. The quantitative estimate of drug-likeness (QED) is 0.622. The van der Waals surface area contributed by atoms with E-state index < -0.39 is 10.0 Å². The second-order valence-electron chi connectivity index (χ2n) is 4.92. The lowest BCUT2D eigenvalue weighted by Crippen LogP contribution is -2.37.